The van der Waals surface area contributed by atoms with Crippen LogP contribution in [0.15, 0.2) is 36.5 Å². The van der Waals surface area contributed by atoms with Crippen molar-refractivity contribution < 1.29 is 0 Å². The molecule has 0 aliphatic heterocycles. The largest absolute Gasteiger partial charge is 0.284 e. The van der Waals surface area contributed by atoms with Gasteiger partial charge in [0.05, 0.1) is 11.0 Å². The minimum Gasteiger partial charge on any atom is -0.284 e. The lowest BCUT2D eigenvalue weighted by Crippen LogP contribution is -1.96. The highest BCUT2D eigenvalue weighted by Gasteiger charge is 2.07. The van der Waals surface area contributed by atoms with Gasteiger partial charge in [-0.05, 0) is 24.1 Å². The summed E-state index contributed by atoms with van der Waals surface area (Å²) >= 11 is 0. The maximum atomic E-state index is 4.56. The van der Waals surface area contributed by atoms with Gasteiger partial charge in [-0.25, -0.2) is 9.97 Å². The van der Waals surface area contributed by atoms with Crippen molar-refractivity contribution in [2.45, 2.75) is 19.8 Å². The van der Waals surface area contributed by atoms with E-state index in [1.165, 1.54) is 0 Å². The molecule has 1 aromatic carbocycles. The molecular weight excluding hydrogens is 198 g/mol. The second-order valence-electron chi connectivity index (χ2n) is 4.28. The van der Waals surface area contributed by atoms with E-state index in [0.717, 1.165) is 22.5 Å². The van der Waals surface area contributed by atoms with Gasteiger partial charge in [-0.2, -0.15) is 0 Å². The Kier molecular flexibility index (Phi) is 1.93. The van der Waals surface area contributed by atoms with Gasteiger partial charge in [0.25, 0.3) is 0 Å². The van der Waals surface area contributed by atoms with Crippen LogP contribution >= 0.6 is 0 Å². The molecule has 80 valence electrons. The number of hydrogen-bond donors (Lipinski definition) is 0. The maximum absolute atomic E-state index is 4.56. The molecule has 0 atom stereocenters. The topological polar surface area (TPSA) is 30.2 Å². The van der Waals surface area contributed by atoms with Gasteiger partial charge in [0.1, 0.15) is 0 Å². The molecule has 0 spiro atoms. The lowest BCUT2D eigenvalue weighted by molar-refractivity contribution is 0.818. The van der Waals surface area contributed by atoms with E-state index in [0.29, 0.717) is 5.92 Å². The summed E-state index contributed by atoms with van der Waals surface area (Å²) < 4.78 is 2.03. The fourth-order valence-corrected chi connectivity index (χ4v) is 1.88. The fourth-order valence-electron chi connectivity index (χ4n) is 1.88. The summed E-state index contributed by atoms with van der Waals surface area (Å²) in [5, 5.41) is 0. The van der Waals surface area contributed by atoms with Gasteiger partial charge in [-0.1, -0.05) is 26.0 Å². The summed E-state index contributed by atoms with van der Waals surface area (Å²) in [6.07, 6.45) is 2.05. The molecule has 0 unspecified atom stereocenters. The normalized spacial score (nSPS) is 11.7. The highest BCUT2D eigenvalue weighted by atomic mass is 15.1. The van der Waals surface area contributed by atoms with E-state index < -0.39 is 0 Å². The molecule has 0 fully saturated rings. The quantitative estimate of drug-likeness (QED) is 0.619. The van der Waals surface area contributed by atoms with Crippen LogP contribution in [0.25, 0.3) is 16.8 Å². The molecule has 0 bridgehead atoms. The van der Waals surface area contributed by atoms with E-state index >= 15 is 0 Å². The Bertz CT molecular complexity index is 652. The van der Waals surface area contributed by atoms with Gasteiger partial charge in [-0.15, -0.1) is 0 Å². The molecule has 0 amide bonds. The molecular formula is C13H13N3. The van der Waals surface area contributed by atoms with Crippen molar-refractivity contribution in [1.29, 1.82) is 0 Å². The zero-order valence-corrected chi connectivity index (χ0v) is 9.38. The third-order valence-corrected chi connectivity index (χ3v) is 2.79. The highest BCUT2D eigenvalue weighted by molar-refractivity contribution is 5.79. The van der Waals surface area contributed by atoms with Crippen molar-refractivity contribution in [2.75, 3.05) is 0 Å². The van der Waals surface area contributed by atoms with Crippen LogP contribution in [-0.2, 0) is 0 Å². The van der Waals surface area contributed by atoms with Crippen LogP contribution in [0.2, 0.25) is 0 Å². The summed E-state index contributed by atoms with van der Waals surface area (Å²) in [7, 11) is 0. The van der Waals surface area contributed by atoms with Crippen molar-refractivity contribution in [3.8, 4) is 0 Å². The third-order valence-electron chi connectivity index (χ3n) is 2.79. The van der Waals surface area contributed by atoms with Crippen LogP contribution in [0.4, 0.5) is 0 Å². The standard InChI is InChI=1S/C13H13N3/c1-9(2)10-7-8-16-12-6-4-3-5-11(12)15-13(16)14-10/h3-9H,1-2H3. The molecule has 16 heavy (non-hydrogen) atoms. The Labute approximate surface area is 93.8 Å². The summed E-state index contributed by atoms with van der Waals surface area (Å²) in [6.45, 7) is 4.28. The Morgan fingerprint density at radius 1 is 1.06 bits per heavy atom. The molecule has 3 heteroatoms. The first-order valence-electron chi connectivity index (χ1n) is 5.49. The van der Waals surface area contributed by atoms with E-state index in [-0.39, 0.29) is 0 Å². The fraction of sp³-hybridized carbons (Fsp3) is 0.231. The number of aromatic nitrogens is 3. The third kappa shape index (κ3) is 1.28. The van der Waals surface area contributed by atoms with Crippen molar-refractivity contribution in [2.24, 2.45) is 0 Å². The minimum absolute atomic E-state index is 0.435. The lowest BCUT2D eigenvalue weighted by atomic mass is 10.1. The molecule has 0 saturated carbocycles. The van der Waals surface area contributed by atoms with Crippen molar-refractivity contribution in [3.63, 3.8) is 0 Å². The molecule has 0 N–H and O–H groups in total. The van der Waals surface area contributed by atoms with E-state index in [1.807, 2.05) is 28.8 Å². The second-order valence-corrected chi connectivity index (χ2v) is 4.28. The zero-order chi connectivity index (χ0) is 11.1. The first-order chi connectivity index (χ1) is 7.75. The van der Waals surface area contributed by atoms with Crippen molar-refractivity contribution >= 4 is 16.8 Å². The number of rotatable bonds is 1. The van der Waals surface area contributed by atoms with E-state index in [4.69, 9.17) is 0 Å². The van der Waals surface area contributed by atoms with Crippen LogP contribution in [0.5, 0.6) is 0 Å². The monoisotopic (exact) mass is 211 g/mol. The second kappa shape index (κ2) is 3.30. The molecule has 3 rings (SSSR count). The number of fused-ring (bicyclic) bond motifs is 3. The average Bonchev–Trinajstić information content (AvgIpc) is 2.66. The predicted molar refractivity (Wildman–Crippen MR) is 64.6 cm³/mol. The van der Waals surface area contributed by atoms with Gasteiger partial charge in [-0.3, -0.25) is 4.40 Å². The molecule has 0 saturated heterocycles. The Balaban J connectivity index is 2.37. The minimum atomic E-state index is 0.435. The number of imidazole rings is 1. The Morgan fingerprint density at radius 2 is 1.88 bits per heavy atom. The summed E-state index contributed by atoms with van der Waals surface area (Å²) in [5.74, 6) is 1.22. The van der Waals surface area contributed by atoms with E-state index in [1.54, 1.807) is 0 Å². The van der Waals surface area contributed by atoms with Crippen molar-refractivity contribution in [3.05, 3.63) is 42.2 Å². The summed E-state index contributed by atoms with van der Waals surface area (Å²) in [6, 6.07) is 10.2. The lowest BCUT2D eigenvalue weighted by Gasteiger charge is -2.03. The summed E-state index contributed by atoms with van der Waals surface area (Å²) in [4.78, 5) is 9.07. The van der Waals surface area contributed by atoms with Gasteiger partial charge >= 0.3 is 0 Å². The molecule has 2 aromatic heterocycles. The van der Waals surface area contributed by atoms with Crippen molar-refractivity contribution in [1.82, 2.24) is 14.4 Å². The molecule has 0 aliphatic carbocycles. The molecule has 0 aliphatic rings. The van der Waals surface area contributed by atoms with E-state index in [9.17, 15) is 0 Å². The molecule has 3 aromatic rings. The van der Waals surface area contributed by atoms with Crippen LogP contribution in [0, 0.1) is 0 Å². The number of benzene rings is 1. The van der Waals surface area contributed by atoms with Gasteiger partial charge < -0.3 is 0 Å². The molecule has 0 radical (unpaired) electrons. The van der Waals surface area contributed by atoms with Gasteiger partial charge in [0.2, 0.25) is 5.78 Å². The summed E-state index contributed by atoms with van der Waals surface area (Å²) in [5.41, 5.74) is 3.19. The average molecular weight is 211 g/mol. The number of hydrogen-bond acceptors (Lipinski definition) is 2. The zero-order valence-electron chi connectivity index (χ0n) is 9.38. The van der Waals surface area contributed by atoms with Crippen LogP contribution < -0.4 is 0 Å². The van der Waals surface area contributed by atoms with Crippen LogP contribution in [0.1, 0.15) is 25.5 Å². The van der Waals surface area contributed by atoms with Gasteiger partial charge in [0.15, 0.2) is 0 Å². The molecule has 2 heterocycles. The smallest absolute Gasteiger partial charge is 0.235 e. The SMILES string of the molecule is CC(C)c1ccn2c(n1)nc1ccccc12. The predicted octanol–water partition coefficient (Wildman–Crippen LogP) is 3.01. The van der Waals surface area contributed by atoms with Gasteiger partial charge in [0, 0.05) is 11.9 Å². The Morgan fingerprint density at radius 3 is 2.69 bits per heavy atom. The van der Waals surface area contributed by atoms with Crippen LogP contribution in [0.3, 0.4) is 0 Å². The maximum Gasteiger partial charge on any atom is 0.235 e. The number of para-hydroxylation sites is 2. The first-order valence-corrected chi connectivity index (χ1v) is 5.49. The molecule has 3 nitrogen and oxygen atoms in total. The first kappa shape index (κ1) is 9.33. The van der Waals surface area contributed by atoms with E-state index in [2.05, 4.69) is 35.9 Å². The highest BCUT2D eigenvalue weighted by Crippen LogP contribution is 2.17. The van der Waals surface area contributed by atoms with Crippen LogP contribution in [-0.4, -0.2) is 14.4 Å². The Hall–Kier alpha value is -1.90. The number of nitrogens with zero attached hydrogens (tertiary/aromatic N) is 3.